The lowest BCUT2D eigenvalue weighted by molar-refractivity contribution is -0.116. The van der Waals surface area contributed by atoms with Gasteiger partial charge in [0.05, 0.1) is 24.7 Å². The Labute approximate surface area is 192 Å². The van der Waals surface area contributed by atoms with Gasteiger partial charge in [-0.15, -0.1) is 0 Å². The van der Waals surface area contributed by atoms with Crippen LogP contribution in [0.25, 0.3) is 0 Å². The molecule has 7 nitrogen and oxygen atoms in total. The lowest BCUT2D eigenvalue weighted by Crippen LogP contribution is -2.36. The molecule has 0 saturated carbocycles. The van der Waals surface area contributed by atoms with E-state index in [9.17, 15) is 9.59 Å². The zero-order chi connectivity index (χ0) is 21.4. The molecule has 5 rings (SSSR count). The molecule has 0 spiro atoms. The molecule has 1 unspecified atom stereocenters. The topological polar surface area (TPSA) is 87.3 Å². The first-order valence-corrected chi connectivity index (χ1v) is 12.2. The van der Waals surface area contributed by atoms with Gasteiger partial charge >= 0.3 is 0 Å². The van der Waals surface area contributed by atoms with Gasteiger partial charge in [0.1, 0.15) is 5.82 Å². The van der Waals surface area contributed by atoms with E-state index in [4.69, 9.17) is 9.72 Å². The Hall–Kier alpha value is -1.94. The fraction of sp³-hybridized carbons (Fsp3) is 0.409. The fourth-order valence-electron chi connectivity index (χ4n) is 4.38. The molecule has 0 bridgehead atoms. The molecule has 2 aromatic rings. The Balaban J connectivity index is 1.52. The van der Waals surface area contributed by atoms with Crippen molar-refractivity contribution in [3.8, 4) is 0 Å². The minimum atomic E-state index is -0.401. The molecule has 1 saturated heterocycles. The van der Waals surface area contributed by atoms with Gasteiger partial charge in [0.15, 0.2) is 10.9 Å². The van der Waals surface area contributed by atoms with Crippen LogP contribution in [0.1, 0.15) is 36.3 Å². The number of nitrogens with one attached hydrogen (secondary N) is 2. The van der Waals surface area contributed by atoms with E-state index in [0.717, 1.165) is 60.8 Å². The van der Waals surface area contributed by atoms with Gasteiger partial charge in [0.25, 0.3) is 5.56 Å². The van der Waals surface area contributed by atoms with Crippen LogP contribution in [0.15, 0.2) is 50.0 Å². The number of thioether (sulfide) groups is 1. The molecular formula is C22H23BrN4O3S. The number of rotatable bonds is 4. The summed E-state index contributed by atoms with van der Waals surface area (Å²) >= 11 is 4.99. The van der Waals surface area contributed by atoms with E-state index in [-0.39, 0.29) is 11.3 Å². The van der Waals surface area contributed by atoms with E-state index in [1.807, 2.05) is 24.3 Å². The Bertz CT molecular complexity index is 1090. The van der Waals surface area contributed by atoms with Crippen molar-refractivity contribution in [1.82, 2.24) is 14.9 Å². The second kappa shape index (κ2) is 8.90. The van der Waals surface area contributed by atoms with Crippen molar-refractivity contribution in [2.24, 2.45) is 0 Å². The van der Waals surface area contributed by atoms with E-state index in [0.29, 0.717) is 28.5 Å². The van der Waals surface area contributed by atoms with Gasteiger partial charge in [0, 0.05) is 41.2 Å². The maximum absolute atomic E-state index is 13.2. The lowest BCUT2D eigenvalue weighted by Gasteiger charge is -2.33. The number of ketones is 1. The zero-order valence-electron chi connectivity index (χ0n) is 16.9. The predicted molar refractivity (Wildman–Crippen MR) is 123 cm³/mol. The molecule has 1 aromatic heterocycles. The first kappa shape index (κ1) is 20.9. The average molecular weight is 503 g/mol. The number of allylic oxidation sites excluding steroid dienone is 2. The number of aromatic nitrogens is 2. The number of morpholine rings is 1. The van der Waals surface area contributed by atoms with Crippen LogP contribution < -0.4 is 10.9 Å². The highest BCUT2D eigenvalue weighted by atomic mass is 79.9. The maximum atomic E-state index is 13.2. The normalized spacial score (nSPS) is 21.5. The number of Topliss-reactive ketones (excluding diaryl/α,β-unsaturated/α-hetero) is 1. The number of anilines is 1. The molecule has 1 aromatic carbocycles. The molecule has 1 fully saturated rings. The smallest absolute Gasteiger partial charge is 0.257 e. The van der Waals surface area contributed by atoms with Crippen LogP contribution in [0.3, 0.4) is 0 Å². The molecule has 2 aliphatic heterocycles. The number of halogens is 1. The van der Waals surface area contributed by atoms with E-state index in [1.54, 1.807) is 0 Å². The van der Waals surface area contributed by atoms with Crippen molar-refractivity contribution in [2.75, 3.05) is 37.5 Å². The lowest BCUT2D eigenvalue weighted by atomic mass is 9.76. The van der Waals surface area contributed by atoms with Gasteiger partial charge in [-0.3, -0.25) is 14.5 Å². The highest BCUT2D eigenvalue weighted by Crippen LogP contribution is 2.43. The van der Waals surface area contributed by atoms with Crippen LogP contribution in [-0.4, -0.2) is 52.8 Å². The molecule has 31 heavy (non-hydrogen) atoms. The first-order valence-electron chi connectivity index (χ1n) is 10.5. The summed E-state index contributed by atoms with van der Waals surface area (Å²) in [7, 11) is 0. The number of aromatic amines is 1. The standard InChI is InChI=1S/C22H23BrN4O3S/c23-14-6-4-13(5-7-14)17-18-15(2-1-3-16(18)28)24-20-19(17)21(29)26-22(25-20)31-12-27-8-10-30-11-9-27/h4-7,17H,1-3,8-12H2,(H2,24,25,26,29). The van der Waals surface area contributed by atoms with Gasteiger partial charge in [-0.05, 0) is 30.5 Å². The van der Waals surface area contributed by atoms with E-state index < -0.39 is 5.92 Å². The molecule has 1 atom stereocenters. The van der Waals surface area contributed by atoms with E-state index in [1.165, 1.54) is 11.8 Å². The number of fused-ring (bicyclic) bond motifs is 1. The van der Waals surface area contributed by atoms with Gasteiger partial charge in [-0.25, -0.2) is 4.98 Å². The maximum Gasteiger partial charge on any atom is 0.257 e. The molecule has 0 amide bonds. The van der Waals surface area contributed by atoms with Crippen LogP contribution >= 0.6 is 27.7 Å². The highest BCUT2D eigenvalue weighted by molar-refractivity contribution is 9.10. The Morgan fingerprint density at radius 1 is 1.16 bits per heavy atom. The summed E-state index contributed by atoms with van der Waals surface area (Å²) < 4.78 is 6.35. The van der Waals surface area contributed by atoms with Gasteiger partial charge < -0.3 is 15.0 Å². The monoisotopic (exact) mass is 502 g/mol. The number of ether oxygens (including phenoxy) is 1. The number of H-pyrrole nitrogens is 1. The molecule has 0 radical (unpaired) electrons. The number of carbonyl (C=O) groups excluding carboxylic acids is 1. The highest BCUT2D eigenvalue weighted by Gasteiger charge is 2.37. The third kappa shape index (κ3) is 4.24. The third-order valence-electron chi connectivity index (χ3n) is 5.93. The summed E-state index contributed by atoms with van der Waals surface area (Å²) in [5, 5.41) is 3.92. The van der Waals surface area contributed by atoms with E-state index in [2.05, 4.69) is 31.1 Å². The van der Waals surface area contributed by atoms with Gasteiger partial charge in [0.2, 0.25) is 0 Å². The third-order valence-corrected chi connectivity index (χ3v) is 7.42. The summed E-state index contributed by atoms with van der Waals surface area (Å²) in [4.78, 5) is 36.1. The van der Waals surface area contributed by atoms with E-state index >= 15 is 0 Å². The minimum absolute atomic E-state index is 0.109. The van der Waals surface area contributed by atoms with Crippen LogP contribution in [0, 0.1) is 0 Å². The Morgan fingerprint density at radius 2 is 1.94 bits per heavy atom. The van der Waals surface area contributed by atoms with Crippen LogP contribution in [0.2, 0.25) is 0 Å². The number of carbonyl (C=O) groups is 1. The van der Waals surface area contributed by atoms with Gasteiger partial charge in [-0.2, -0.15) is 0 Å². The SMILES string of the molecule is O=C1CCCC2=C1C(c1ccc(Br)cc1)c1c(nc(SCN3CCOCC3)[nH]c1=O)N2. The largest absolute Gasteiger partial charge is 0.379 e. The minimum Gasteiger partial charge on any atom is -0.379 e. The molecule has 2 N–H and O–H groups in total. The predicted octanol–water partition coefficient (Wildman–Crippen LogP) is 3.48. The Morgan fingerprint density at radius 3 is 2.71 bits per heavy atom. The van der Waals surface area contributed by atoms with Crippen molar-refractivity contribution in [2.45, 2.75) is 30.3 Å². The molecular weight excluding hydrogens is 480 g/mol. The summed E-state index contributed by atoms with van der Waals surface area (Å²) in [5.41, 5.74) is 2.86. The average Bonchev–Trinajstić information content (AvgIpc) is 2.78. The molecule has 3 heterocycles. The fourth-order valence-corrected chi connectivity index (χ4v) is 5.53. The van der Waals surface area contributed by atoms with Crippen molar-refractivity contribution in [3.05, 3.63) is 61.5 Å². The van der Waals surface area contributed by atoms with Crippen molar-refractivity contribution < 1.29 is 9.53 Å². The van der Waals surface area contributed by atoms with Crippen LogP contribution in [-0.2, 0) is 9.53 Å². The number of hydrogen-bond acceptors (Lipinski definition) is 7. The summed E-state index contributed by atoms with van der Waals surface area (Å²) in [5.74, 6) is 1.02. The molecule has 3 aliphatic rings. The first-order chi connectivity index (χ1) is 15.1. The van der Waals surface area contributed by atoms with Crippen LogP contribution in [0.5, 0.6) is 0 Å². The number of hydrogen-bond donors (Lipinski definition) is 2. The summed E-state index contributed by atoms with van der Waals surface area (Å²) in [6.07, 6.45) is 2.12. The van der Waals surface area contributed by atoms with Crippen molar-refractivity contribution in [1.29, 1.82) is 0 Å². The molecule has 9 heteroatoms. The number of benzene rings is 1. The van der Waals surface area contributed by atoms with Gasteiger partial charge in [-0.1, -0.05) is 39.8 Å². The Kier molecular flexibility index (Phi) is 6.01. The van der Waals surface area contributed by atoms with Crippen LogP contribution in [0.4, 0.5) is 5.82 Å². The second-order valence-corrected chi connectivity index (χ2v) is 9.76. The summed E-state index contributed by atoms with van der Waals surface area (Å²) in [6.45, 7) is 3.22. The second-order valence-electron chi connectivity index (χ2n) is 7.92. The molecule has 162 valence electrons. The zero-order valence-corrected chi connectivity index (χ0v) is 19.4. The quantitative estimate of drug-likeness (QED) is 0.488. The van der Waals surface area contributed by atoms with Crippen molar-refractivity contribution in [3.63, 3.8) is 0 Å². The van der Waals surface area contributed by atoms with Crippen molar-refractivity contribution >= 4 is 39.3 Å². The molecule has 1 aliphatic carbocycles. The number of nitrogens with zero attached hydrogens (tertiary/aromatic N) is 2. The summed E-state index contributed by atoms with van der Waals surface area (Å²) in [6, 6.07) is 7.82.